The average molecular weight is 337 g/mol. The fourth-order valence-electron chi connectivity index (χ4n) is 2.89. The molecule has 0 fully saturated rings. The van der Waals surface area contributed by atoms with Crippen LogP contribution in [0.5, 0.6) is 0 Å². The summed E-state index contributed by atoms with van der Waals surface area (Å²) in [5.74, 6) is -0.387. The van der Waals surface area contributed by atoms with Gasteiger partial charge >= 0.3 is 0 Å². The second-order valence-corrected chi connectivity index (χ2v) is 5.96. The highest BCUT2D eigenvalue weighted by Gasteiger charge is 2.25. The van der Waals surface area contributed by atoms with Gasteiger partial charge in [0.1, 0.15) is 0 Å². The zero-order chi connectivity index (χ0) is 17.8. The molecule has 3 N–H and O–H groups in total. The van der Waals surface area contributed by atoms with Gasteiger partial charge in [-0.3, -0.25) is 14.4 Å². The fraction of sp³-hybridized carbons (Fsp3) is 0.211. The molecule has 2 aromatic carbocycles. The van der Waals surface area contributed by atoms with E-state index in [0.29, 0.717) is 29.9 Å². The van der Waals surface area contributed by atoms with Gasteiger partial charge in [0, 0.05) is 42.7 Å². The van der Waals surface area contributed by atoms with Gasteiger partial charge < -0.3 is 16.0 Å². The number of amides is 3. The third kappa shape index (κ3) is 3.85. The van der Waals surface area contributed by atoms with E-state index in [0.717, 1.165) is 5.56 Å². The molecule has 0 aromatic heterocycles. The summed E-state index contributed by atoms with van der Waals surface area (Å²) in [6, 6.07) is 14.1. The lowest BCUT2D eigenvalue weighted by atomic mass is 9.90. The average Bonchev–Trinajstić information content (AvgIpc) is 2.61. The lowest BCUT2D eigenvalue weighted by molar-refractivity contribution is -0.114. The lowest BCUT2D eigenvalue weighted by Crippen LogP contribution is -2.40. The van der Waals surface area contributed by atoms with E-state index in [-0.39, 0.29) is 23.6 Å². The Morgan fingerprint density at radius 2 is 1.84 bits per heavy atom. The summed E-state index contributed by atoms with van der Waals surface area (Å²) >= 11 is 0. The minimum absolute atomic E-state index is 0.0384. The van der Waals surface area contributed by atoms with Gasteiger partial charge in [-0.05, 0) is 35.9 Å². The third-order valence-electron chi connectivity index (χ3n) is 4.13. The van der Waals surface area contributed by atoms with Gasteiger partial charge in [0.2, 0.25) is 5.91 Å². The van der Waals surface area contributed by atoms with Crippen molar-refractivity contribution in [1.29, 1.82) is 0 Å². The third-order valence-corrected chi connectivity index (χ3v) is 4.13. The highest BCUT2D eigenvalue weighted by molar-refractivity contribution is 5.97. The van der Waals surface area contributed by atoms with Crippen LogP contribution in [0.25, 0.3) is 0 Å². The molecule has 1 unspecified atom stereocenters. The fourth-order valence-corrected chi connectivity index (χ4v) is 2.89. The van der Waals surface area contributed by atoms with E-state index < -0.39 is 0 Å². The molecule has 3 rings (SSSR count). The number of hydrogen-bond donors (Lipinski definition) is 3. The number of carbonyl (C=O) groups is 3. The Hall–Kier alpha value is -3.15. The monoisotopic (exact) mass is 337 g/mol. The number of hydrogen-bond acceptors (Lipinski definition) is 3. The van der Waals surface area contributed by atoms with Gasteiger partial charge in [0.05, 0.1) is 0 Å². The van der Waals surface area contributed by atoms with Gasteiger partial charge in [-0.2, -0.15) is 0 Å². The molecule has 25 heavy (non-hydrogen) atoms. The van der Waals surface area contributed by atoms with Gasteiger partial charge in [-0.15, -0.1) is 0 Å². The number of anilines is 1. The molecule has 6 nitrogen and oxygen atoms in total. The van der Waals surface area contributed by atoms with Crippen LogP contribution in [0.1, 0.15) is 39.1 Å². The first kappa shape index (κ1) is 16.7. The first-order chi connectivity index (χ1) is 12.0. The minimum atomic E-state index is -0.191. The molecule has 2 aromatic rings. The zero-order valence-corrected chi connectivity index (χ0v) is 13.8. The molecule has 1 heterocycles. The molecule has 0 radical (unpaired) electrons. The Kier molecular flexibility index (Phi) is 4.79. The molecule has 3 amide bonds. The van der Waals surface area contributed by atoms with Gasteiger partial charge in [0.15, 0.2) is 0 Å². The summed E-state index contributed by atoms with van der Waals surface area (Å²) in [5.41, 5.74) is 2.77. The first-order valence-electron chi connectivity index (χ1n) is 8.07. The van der Waals surface area contributed by atoms with Crippen LogP contribution < -0.4 is 16.0 Å². The van der Waals surface area contributed by atoms with Crippen LogP contribution >= 0.6 is 0 Å². The van der Waals surface area contributed by atoms with E-state index in [4.69, 9.17) is 0 Å². The second kappa shape index (κ2) is 7.17. The molecule has 0 spiro atoms. The number of nitrogens with one attached hydrogen (secondary N) is 3. The molecule has 6 heteroatoms. The van der Waals surface area contributed by atoms with Gasteiger partial charge in [0.25, 0.3) is 11.8 Å². The van der Waals surface area contributed by atoms with E-state index in [1.807, 2.05) is 18.2 Å². The van der Waals surface area contributed by atoms with Crippen molar-refractivity contribution < 1.29 is 14.4 Å². The van der Waals surface area contributed by atoms with Crippen LogP contribution in [0.15, 0.2) is 48.5 Å². The van der Waals surface area contributed by atoms with Crippen LogP contribution in [0.3, 0.4) is 0 Å². The van der Waals surface area contributed by atoms with Crippen molar-refractivity contribution in [2.24, 2.45) is 0 Å². The van der Waals surface area contributed by atoms with E-state index in [1.54, 1.807) is 30.3 Å². The molecular formula is C19H19N3O3. The Labute approximate surface area is 145 Å². The minimum Gasteiger partial charge on any atom is -0.351 e. The zero-order valence-electron chi connectivity index (χ0n) is 13.8. The molecule has 0 bridgehead atoms. The summed E-state index contributed by atoms with van der Waals surface area (Å²) in [5, 5.41) is 8.41. The second-order valence-electron chi connectivity index (χ2n) is 5.96. The summed E-state index contributed by atoms with van der Waals surface area (Å²) in [6.45, 7) is 2.36. The van der Waals surface area contributed by atoms with Crippen LogP contribution in [0.4, 0.5) is 5.69 Å². The van der Waals surface area contributed by atoms with Crippen LogP contribution in [-0.2, 0) is 4.79 Å². The standard InChI is InChI=1S/C19H19N3O3/c1-12(23)22-15-8-6-13(7-9-15)18(24)20-10-14-11-21-19(25)17-5-3-2-4-16(14)17/h2-9,14H,10-11H2,1H3,(H,20,24)(H,21,25)(H,22,23). The summed E-state index contributed by atoms with van der Waals surface area (Å²) < 4.78 is 0. The Bertz CT molecular complexity index is 815. The Balaban J connectivity index is 1.64. The van der Waals surface area contributed by atoms with Crippen LogP contribution in [0.2, 0.25) is 0 Å². The van der Waals surface area contributed by atoms with Gasteiger partial charge in [-0.25, -0.2) is 0 Å². The molecule has 1 aliphatic heterocycles. The van der Waals surface area contributed by atoms with E-state index in [2.05, 4.69) is 16.0 Å². The number of benzene rings is 2. The molecule has 1 atom stereocenters. The maximum Gasteiger partial charge on any atom is 0.251 e. The maximum atomic E-state index is 12.3. The predicted octanol–water partition coefficient (Wildman–Crippen LogP) is 1.90. The van der Waals surface area contributed by atoms with Crippen molar-refractivity contribution in [3.05, 3.63) is 65.2 Å². The van der Waals surface area contributed by atoms with Crippen LogP contribution in [0, 0.1) is 0 Å². The largest absolute Gasteiger partial charge is 0.351 e. The Morgan fingerprint density at radius 3 is 2.56 bits per heavy atom. The molecule has 0 aliphatic carbocycles. The SMILES string of the molecule is CC(=O)Nc1ccc(C(=O)NCC2CNC(=O)c3ccccc32)cc1. The molecule has 0 saturated heterocycles. The topological polar surface area (TPSA) is 87.3 Å². The number of rotatable bonds is 4. The van der Waals surface area contributed by atoms with Crippen molar-refractivity contribution in [3.63, 3.8) is 0 Å². The highest BCUT2D eigenvalue weighted by Crippen LogP contribution is 2.23. The summed E-state index contributed by atoms with van der Waals surface area (Å²) in [4.78, 5) is 35.2. The number of carbonyl (C=O) groups excluding carboxylic acids is 3. The maximum absolute atomic E-state index is 12.3. The normalized spacial score (nSPS) is 15.7. The summed E-state index contributed by atoms with van der Waals surface area (Å²) in [6.07, 6.45) is 0. The van der Waals surface area contributed by atoms with Crippen molar-refractivity contribution in [2.45, 2.75) is 12.8 Å². The first-order valence-corrected chi connectivity index (χ1v) is 8.07. The van der Waals surface area contributed by atoms with Crippen molar-refractivity contribution in [1.82, 2.24) is 10.6 Å². The molecule has 128 valence electrons. The summed E-state index contributed by atoms with van der Waals surface area (Å²) in [7, 11) is 0. The smallest absolute Gasteiger partial charge is 0.251 e. The van der Waals surface area contributed by atoms with E-state index >= 15 is 0 Å². The highest BCUT2D eigenvalue weighted by atomic mass is 16.2. The predicted molar refractivity (Wildman–Crippen MR) is 94.6 cm³/mol. The van der Waals surface area contributed by atoms with E-state index in [9.17, 15) is 14.4 Å². The molecule has 0 saturated carbocycles. The van der Waals surface area contributed by atoms with Crippen molar-refractivity contribution in [3.8, 4) is 0 Å². The van der Waals surface area contributed by atoms with E-state index in [1.165, 1.54) is 6.92 Å². The van der Waals surface area contributed by atoms with Crippen molar-refractivity contribution >= 4 is 23.4 Å². The van der Waals surface area contributed by atoms with Crippen LogP contribution in [-0.4, -0.2) is 30.8 Å². The van der Waals surface area contributed by atoms with Gasteiger partial charge in [-0.1, -0.05) is 18.2 Å². The Morgan fingerprint density at radius 1 is 1.12 bits per heavy atom. The molecular weight excluding hydrogens is 318 g/mol. The van der Waals surface area contributed by atoms with Crippen molar-refractivity contribution in [2.75, 3.05) is 18.4 Å². The molecule has 1 aliphatic rings. The quantitative estimate of drug-likeness (QED) is 0.796. The number of fused-ring (bicyclic) bond motifs is 1. The lowest BCUT2D eigenvalue weighted by Gasteiger charge is -2.25.